The van der Waals surface area contributed by atoms with Crippen molar-refractivity contribution in [2.75, 3.05) is 6.61 Å². The highest BCUT2D eigenvalue weighted by Crippen LogP contribution is 2.46. The Kier molecular flexibility index (Phi) is 8.28. The molecule has 1 atom stereocenters. The SMILES string of the molecule is CCCC1=C(O)C(C)(CCCCCCO[Si](C)(C)C(C)(C)C)SC1=O. The molecule has 25 heavy (non-hydrogen) atoms. The van der Waals surface area contributed by atoms with E-state index in [1.165, 1.54) is 11.8 Å². The van der Waals surface area contributed by atoms with Crippen molar-refractivity contribution in [1.82, 2.24) is 0 Å². The molecule has 1 rings (SSSR count). The fourth-order valence-electron chi connectivity index (χ4n) is 2.83. The summed E-state index contributed by atoms with van der Waals surface area (Å²) >= 11 is 1.32. The van der Waals surface area contributed by atoms with Crippen LogP contribution in [0.15, 0.2) is 11.3 Å². The zero-order chi connectivity index (χ0) is 19.3. The Morgan fingerprint density at radius 2 is 1.76 bits per heavy atom. The predicted octanol–water partition coefficient (Wildman–Crippen LogP) is 6.60. The third-order valence-electron chi connectivity index (χ3n) is 5.67. The van der Waals surface area contributed by atoms with Gasteiger partial charge in [0, 0.05) is 12.2 Å². The quantitative estimate of drug-likeness (QED) is 0.339. The molecular formula is C20H38O3SSi. The lowest BCUT2D eigenvalue weighted by Gasteiger charge is -2.36. The summed E-state index contributed by atoms with van der Waals surface area (Å²) in [6.45, 7) is 16.3. The van der Waals surface area contributed by atoms with E-state index < -0.39 is 13.1 Å². The van der Waals surface area contributed by atoms with Gasteiger partial charge in [-0.05, 0) is 44.3 Å². The van der Waals surface area contributed by atoms with Gasteiger partial charge in [0.15, 0.2) is 8.32 Å². The van der Waals surface area contributed by atoms with Crippen LogP contribution in [0.2, 0.25) is 18.1 Å². The second-order valence-corrected chi connectivity index (χ2v) is 15.3. The number of hydrogen-bond donors (Lipinski definition) is 1. The Labute approximate surface area is 160 Å². The predicted molar refractivity (Wildman–Crippen MR) is 112 cm³/mol. The molecule has 0 aromatic rings. The first-order chi connectivity index (χ1) is 11.4. The molecule has 0 aromatic carbocycles. The Morgan fingerprint density at radius 3 is 2.32 bits per heavy atom. The van der Waals surface area contributed by atoms with E-state index in [0.717, 1.165) is 45.1 Å². The second-order valence-electron chi connectivity index (χ2n) is 8.97. The zero-order valence-corrected chi connectivity index (χ0v) is 19.1. The smallest absolute Gasteiger partial charge is 0.219 e. The van der Waals surface area contributed by atoms with Gasteiger partial charge in [0.1, 0.15) is 5.76 Å². The number of aliphatic hydroxyl groups excluding tert-OH is 1. The molecule has 1 aliphatic heterocycles. The average Bonchev–Trinajstić information content (AvgIpc) is 2.69. The molecule has 0 amide bonds. The van der Waals surface area contributed by atoms with E-state index in [9.17, 15) is 9.90 Å². The van der Waals surface area contributed by atoms with Crippen molar-refractivity contribution in [2.45, 2.75) is 102 Å². The fourth-order valence-corrected chi connectivity index (χ4v) is 5.12. The van der Waals surface area contributed by atoms with Crippen molar-refractivity contribution >= 4 is 25.2 Å². The van der Waals surface area contributed by atoms with E-state index in [1.807, 2.05) is 13.8 Å². The maximum Gasteiger partial charge on any atom is 0.219 e. The average molecular weight is 387 g/mol. The highest BCUT2D eigenvalue weighted by atomic mass is 32.2. The Bertz CT molecular complexity index is 494. The Hall–Kier alpha value is -0.263. The first-order valence-corrected chi connectivity index (χ1v) is 13.5. The molecule has 0 saturated heterocycles. The van der Waals surface area contributed by atoms with E-state index in [4.69, 9.17) is 4.43 Å². The van der Waals surface area contributed by atoms with Crippen LogP contribution in [0, 0.1) is 0 Å². The van der Waals surface area contributed by atoms with Gasteiger partial charge in [-0.1, -0.05) is 65.1 Å². The number of rotatable bonds is 10. The van der Waals surface area contributed by atoms with Crippen molar-refractivity contribution in [3.63, 3.8) is 0 Å². The first kappa shape index (κ1) is 22.8. The molecule has 0 aliphatic carbocycles. The second kappa shape index (κ2) is 9.09. The lowest BCUT2D eigenvalue weighted by atomic mass is 9.96. The summed E-state index contributed by atoms with van der Waals surface area (Å²) in [6, 6.07) is 0. The number of aliphatic hydroxyl groups is 1. The summed E-state index contributed by atoms with van der Waals surface area (Å²) in [6.07, 6.45) is 6.87. The van der Waals surface area contributed by atoms with Gasteiger partial charge >= 0.3 is 0 Å². The fraction of sp³-hybridized carbons (Fsp3) is 0.850. The van der Waals surface area contributed by atoms with Gasteiger partial charge in [0.25, 0.3) is 0 Å². The van der Waals surface area contributed by atoms with Crippen LogP contribution < -0.4 is 0 Å². The van der Waals surface area contributed by atoms with Gasteiger partial charge in [-0.25, -0.2) is 0 Å². The van der Waals surface area contributed by atoms with Crippen LogP contribution in [-0.4, -0.2) is 29.9 Å². The third kappa shape index (κ3) is 6.14. The molecule has 5 heteroatoms. The van der Waals surface area contributed by atoms with Gasteiger partial charge in [0.2, 0.25) is 5.12 Å². The molecule has 0 saturated carbocycles. The van der Waals surface area contributed by atoms with Gasteiger partial charge in [-0.3, -0.25) is 4.79 Å². The number of hydrogen-bond acceptors (Lipinski definition) is 4. The monoisotopic (exact) mass is 386 g/mol. The summed E-state index contributed by atoms with van der Waals surface area (Å²) in [4.78, 5) is 12.1. The van der Waals surface area contributed by atoms with Gasteiger partial charge in [-0.2, -0.15) is 0 Å². The van der Waals surface area contributed by atoms with E-state index >= 15 is 0 Å². The molecule has 0 aromatic heterocycles. The van der Waals surface area contributed by atoms with Crippen LogP contribution in [0.4, 0.5) is 0 Å². The number of carbonyl (C=O) groups is 1. The van der Waals surface area contributed by atoms with Crippen molar-refractivity contribution in [3.8, 4) is 0 Å². The van der Waals surface area contributed by atoms with Gasteiger partial charge in [-0.15, -0.1) is 0 Å². The maximum absolute atomic E-state index is 12.1. The van der Waals surface area contributed by atoms with Crippen LogP contribution in [0.5, 0.6) is 0 Å². The highest BCUT2D eigenvalue weighted by Gasteiger charge is 2.42. The molecule has 0 spiro atoms. The Balaban J connectivity index is 2.30. The minimum absolute atomic E-state index is 0.0737. The minimum atomic E-state index is -1.62. The van der Waals surface area contributed by atoms with Gasteiger partial charge in [0.05, 0.1) is 4.75 Å². The van der Waals surface area contributed by atoms with Crippen LogP contribution in [0.3, 0.4) is 0 Å². The molecule has 1 N–H and O–H groups in total. The molecule has 1 aliphatic rings. The van der Waals surface area contributed by atoms with E-state index in [2.05, 4.69) is 33.9 Å². The van der Waals surface area contributed by atoms with Crippen LogP contribution >= 0.6 is 11.8 Å². The lowest BCUT2D eigenvalue weighted by Crippen LogP contribution is -2.40. The van der Waals surface area contributed by atoms with Gasteiger partial charge < -0.3 is 9.53 Å². The normalized spacial score (nSPS) is 22.1. The molecule has 146 valence electrons. The molecule has 0 bridgehead atoms. The minimum Gasteiger partial charge on any atom is -0.510 e. The molecule has 0 radical (unpaired) electrons. The van der Waals surface area contributed by atoms with Crippen molar-refractivity contribution in [2.24, 2.45) is 0 Å². The number of unbranched alkanes of at least 4 members (excludes halogenated alkanes) is 3. The van der Waals surface area contributed by atoms with Crippen LogP contribution in [0.25, 0.3) is 0 Å². The molecule has 1 heterocycles. The van der Waals surface area contributed by atoms with Crippen molar-refractivity contribution in [1.29, 1.82) is 0 Å². The standard InChI is InChI=1S/C20H38O3SSi/c1-8-13-16-17(21)20(5,24-18(16)22)14-11-9-10-12-15-23-25(6,7)19(2,3)4/h21H,8-15H2,1-7H3. The lowest BCUT2D eigenvalue weighted by molar-refractivity contribution is -0.108. The van der Waals surface area contributed by atoms with Crippen molar-refractivity contribution < 1.29 is 14.3 Å². The van der Waals surface area contributed by atoms with Crippen LogP contribution in [-0.2, 0) is 9.22 Å². The molecule has 3 nitrogen and oxygen atoms in total. The topological polar surface area (TPSA) is 46.5 Å². The molecule has 1 unspecified atom stereocenters. The maximum atomic E-state index is 12.1. The zero-order valence-electron chi connectivity index (χ0n) is 17.3. The molecular weight excluding hydrogens is 348 g/mol. The van der Waals surface area contributed by atoms with Crippen molar-refractivity contribution in [3.05, 3.63) is 11.3 Å². The summed E-state index contributed by atoms with van der Waals surface area (Å²) in [5.74, 6) is 0.339. The summed E-state index contributed by atoms with van der Waals surface area (Å²) in [5.41, 5.74) is 0.651. The number of carbonyl (C=O) groups excluding carboxylic acids is 1. The highest BCUT2D eigenvalue weighted by molar-refractivity contribution is 8.15. The number of thioether (sulfide) groups is 1. The van der Waals surface area contributed by atoms with Crippen LogP contribution in [0.1, 0.15) is 79.6 Å². The van der Waals surface area contributed by atoms with E-state index in [0.29, 0.717) is 17.8 Å². The first-order valence-electron chi connectivity index (χ1n) is 9.74. The summed E-state index contributed by atoms with van der Waals surface area (Å²) in [7, 11) is -1.62. The summed E-state index contributed by atoms with van der Waals surface area (Å²) < 4.78 is 5.80. The Morgan fingerprint density at radius 1 is 1.16 bits per heavy atom. The largest absolute Gasteiger partial charge is 0.510 e. The third-order valence-corrected chi connectivity index (χ3v) is 11.5. The molecule has 0 fully saturated rings. The van der Waals surface area contributed by atoms with E-state index in [-0.39, 0.29) is 10.2 Å². The summed E-state index contributed by atoms with van der Waals surface area (Å²) in [5, 5.41) is 10.8. The van der Waals surface area contributed by atoms with E-state index in [1.54, 1.807) is 0 Å².